The number of nitrogens with zero attached hydrogens (tertiary/aromatic N) is 2. The van der Waals surface area contributed by atoms with Crippen molar-refractivity contribution in [3.05, 3.63) is 11.9 Å². The van der Waals surface area contributed by atoms with Gasteiger partial charge in [0.25, 0.3) is 9.05 Å². The minimum Gasteiger partial charge on any atom is -0.373 e. The molecule has 72 valence electrons. The molecule has 1 aliphatic heterocycles. The van der Waals surface area contributed by atoms with Crippen molar-refractivity contribution in [1.29, 1.82) is 0 Å². The predicted molar refractivity (Wildman–Crippen MR) is 44.9 cm³/mol. The molecule has 2 rings (SSSR count). The second-order valence-corrected chi connectivity index (χ2v) is 5.13. The highest BCUT2D eigenvalue weighted by molar-refractivity contribution is 8.13. The Bertz CT molecular complexity index is 425. The van der Waals surface area contributed by atoms with Gasteiger partial charge in [0.05, 0.1) is 25.1 Å². The third-order valence-corrected chi connectivity index (χ3v) is 3.00. The van der Waals surface area contributed by atoms with Gasteiger partial charge in [-0.1, -0.05) is 0 Å². The number of halogens is 1. The van der Waals surface area contributed by atoms with E-state index in [9.17, 15) is 8.42 Å². The first-order valence-electron chi connectivity index (χ1n) is 3.66. The SMILES string of the molecule is O=S(=O)(Cl)c1ncc2n1CCOC2. The second kappa shape index (κ2) is 2.97. The molecule has 0 N–H and O–H groups in total. The molecule has 1 aliphatic rings. The lowest BCUT2D eigenvalue weighted by Crippen LogP contribution is -2.18. The third kappa shape index (κ3) is 1.56. The normalized spacial score (nSPS) is 17.0. The molecule has 0 bridgehead atoms. The summed E-state index contributed by atoms with van der Waals surface area (Å²) in [5.41, 5.74) is 0.741. The molecule has 0 amide bonds. The van der Waals surface area contributed by atoms with Crippen molar-refractivity contribution >= 4 is 19.7 Å². The fourth-order valence-corrected chi connectivity index (χ4v) is 2.29. The van der Waals surface area contributed by atoms with Crippen LogP contribution in [0.5, 0.6) is 0 Å². The van der Waals surface area contributed by atoms with Crippen LogP contribution in [0.4, 0.5) is 0 Å². The van der Waals surface area contributed by atoms with Crippen molar-refractivity contribution in [3.63, 3.8) is 0 Å². The van der Waals surface area contributed by atoms with Crippen LogP contribution in [0.3, 0.4) is 0 Å². The van der Waals surface area contributed by atoms with Crippen LogP contribution in [0.15, 0.2) is 11.4 Å². The molecule has 0 atom stereocenters. The number of rotatable bonds is 1. The zero-order valence-electron chi connectivity index (χ0n) is 6.60. The van der Waals surface area contributed by atoms with Crippen LogP contribution < -0.4 is 0 Å². The van der Waals surface area contributed by atoms with E-state index in [1.807, 2.05) is 0 Å². The zero-order chi connectivity index (χ0) is 9.47. The molecule has 0 radical (unpaired) electrons. The number of ether oxygens (including phenoxy) is 1. The molecule has 0 saturated heterocycles. The summed E-state index contributed by atoms with van der Waals surface area (Å²) in [6, 6.07) is 0. The second-order valence-electron chi connectivity index (χ2n) is 2.67. The van der Waals surface area contributed by atoms with Crippen molar-refractivity contribution in [2.75, 3.05) is 6.61 Å². The Labute approximate surface area is 79.7 Å². The van der Waals surface area contributed by atoms with E-state index in [0.29, 0.717) is 19.8 Å². The Kier molecular flexibility index (Phi) is 2.05. The summed E-state index contributed by atoms with van der Waals surface area (Å²) in [6.45, 7) is 1.36. The Hall–Kier alpha value is -0.590. The van der Waals surface area contributed by atoms with E-state index < -0.39 is 9.05 Å². The molecule has 5 nitrogen and oxygen atoms in total. The van der Waals surface area contributed by atoms with E-state index in [0.717, 1.165) is 5.69 Å². The standard InChI is InChI=1S/C6H7ClN2O3S/c7-13(10,11)6-8-3-5-4-12-2-1-9(5)6/h3H,1-2,4H2. The molecule has 0 unspecified atom stereocenters. The fraction of sp³-hybridized carbons (Fsp3) is 0.500. The van der Waals surface area contributed by atoms with Gasteiger partial charge >= 0.3 is 0 Å². The number of aromatic nitrogens is 2. The number of fused-ring (bicyclic) bond motifs is 1. The summed E-state index contributed by atoms with van der Waals surface area (Å²) in [4.78, 5) is 3.73. The molecule has 13 heavy (non-hydrogen) atoms. The van der Waals surface area contributed by atoms with Gasteiger partial charge in [0.15, 0.2) is 0 Å². The van der Waals surface area contributed by atoms with Gasteiger partial charge in [-0.25, -0.2) is 13.4 Å². The molecular weight excluding hydrogens is 216 g/mol. The van der Waals surface area contributed by atoms with Crippen LogP contribution >= 0.6 is 10.7 Å². The highest BCUT2D eigenvalue weighted by Crippen LogP contribution is 2.18. The van der Waals surface area contributed by atoms with Crippen LogP contribution in [0.1, 0.15) is 5.69 Å². The Balaban J connectivity index is 2.55. The van der Waals surface area contributed by atoms with Gasteiger partial charge < -0.3 is 9.30 Å². The topological polar surface area (TPSA) is 61.2 Å². The molecule has 0 spiro atoms. The van der Waals surface area contributed by atoms with E-state index in [1.165, 1.54) is 6.20 Å². The van der Waals surface area contributed by atoms with Crippen LogP contribution in [0.2, 0.25) is 0 Å². The molecule has 0 aliphatic carbocycles. The largest absolute Gasteiger partial charge is 0.373 e. The van der Waals surface area contributed by atoms with E-state index in [1.54, 1.807) is 4.57 Å². The Morgan fingerprint density at radius 2 is 2.38 bits per heavy atom. The van der Waals surface area contributed by atoms with Gasteiger partial charge in [0.2, 0.25) is 5.16 Å². The van der Waals surface area contributed by atoms with Gasteiger partial charge in [0.1, 0.15) is 0 Å². The van der Waals surface area contributed by atoms with Gasteiger partial charge in [-0.15, -0.1) is 0 Å². The first-order valence-corrected chi connectivity index (χ1v) is 5.97. The number of hydrogen-bond donors (Lipinski definition) is 0. The van der Waals surface area contributed by atoms with Crippen LogP contribution in [0.25, 0.3) is 0 Å². The number of imidazole rings is 1. The van der Waals surface area contributed by atoms with Crippen molar-refractivity contribution in [1.82, 2.24) is 9.55 Å². The third-order valence-electron chi connectivity index (χ3n) is 1.83. The van der Waals surface area contributed by atoms with Crippen LogP contribution in [-0.2, 0) is 26.9 Å². The molecule has 0 aromatic carbocycles. The van der Waals surface area contributed by atoms with Gasteiger partial charge in [-0.2, -0.15) is 0 Å². The predicted octanol–water partition coefficient (Wildman–Crippen LogP) is 0.341. The van der Waals surface area contributed by atoms with E-state index in [4.69, 9.17) is 15.4 Å². The van der Waals surface area contributed by atoms with Gasteiger partial charge in [-0.3, -0.25) is 0 Å². The molecule has 1 aromatic heterocycles. The number of hydrogen-bond acceptors (Lipinski definition) is 4. The summed E-state index contributed by atoms with van der Waals surface area (Å²) >= 11 is 0. The van der Waals surface area contributed by atoms with E-state index in [-0.39, 0.29) is 5.16 Å². The lowest BCUT2D eigenvalue weighted by molar-refractivity contribution is 0.0818. The van der Waals surface area contributed by atoms with Crippen molar-refractivity contribution in [2.24, 2.45) is 0 Å². The quantitative estimate of drug-likeness (QED) is 0.643. The van der Waals surface area contributed by atoms with Crippen molar-refractivity contribution < 1.29 is 13.2 Å². The minimum absolute atomic E-state index is 0.0903. The summed E-state index contributed by atoms with van der Waals surface area (Å²) in [5, 5.41) is -0.0903. The van der Waals surface area contributed by atoms with Crippen molar-refractivity contribution in [3.8, 4) is 0 Å². The molecule has 7 heteroatoms. The minimum atomic E-state index is -3.73. The molecule has 0 saturated carbocycles. The van der Waals surface area contributed by atoms with Gasteiger partial charge in [0, 0.05) is 17.2 Å². The Morgan fingerprint density at radius 3 is 3.08 bits per heavy atom. The molecule has 1 aromatic rings. The highest BCUT2D eigenvalue weighted by atomic mass is 35.7. The Morgan fingerprint density at radius 1 is 1.62 bits per heavy atom. The monoisotopic (exact) mass is 222 g/mol. The zero-order valence-corrected chi connectivity index (χ0v) is 8.18. The smallest absolute Gasteiger partial charge is 0.295 e. The summed E-state index contributed by atoms with van der Waals surface area (Å²) in [5.74, 6) is 0. The highest BCUT2D eigenvalue weighted by Gasteiger charge is 2.22. The van der Waals surface area contributed by atoms with Crippen LogP contribution in [0, 0.1) is 0 Å². The average molecular weight is 223 g/mol. The first kappa shape index (κ1) is 8.98. The fourth-order valence-electron chi connectivity index (χ4n) is 1.27. The summed E-state index contributed by atoms with van der Waals surface area (Å²) in [7, 11) is 1.45. The summed E-state index contributed by atoms with van der Waals surface area (Å²) in [6.07, 6.45) is 1.47. The molecular formula is C6H7ClN2O3S. The van der Waals surface area contributed by atoms with Gasteiger partial charge in [-0.05, 0) is 0 Å². The van der Waals surface area contributed by atoms with Crippen molar-refractivity contribution in [2.45, 2.75) is 18.3 Å². The van der Waals surface area contributed by atoms with E-state index in [2.05, 4.69) is 4.98 Å². The van der Waals surface area contributed by atoms with Crippen LogP contribution in [-0.4, -0.2) is 24.6 Å². The summed E-state index contributed by atoms with van der Waals surface area (Å²) < 4.78 is 28.7. The molecule has 0 fully saturated rings. The average Bonchev–Trinajstić information content (AvgIpc) is 2.45. The maximum absolute atomic E-state index is 11.0. The van der Waals surface area contributed by atoms with E-state index >= 15 is 0 Å². The molecule has 2 heterocycles. The maximum atomic E-state index is 11.0. The maximum Gasteiger partial charge on any atom is 0.295 e. The lowest BCUT2D eigenvalue weighted by Gasteiger charge is -2.15. The lowest BCUT2D eigenvalue weighted by atomic mass is 10.4. The first-order chi connectivity index (χ1) is 6.09.